The Balaban J connectivity index is 3.09. The normalized spacial score (nSPS) is 9.33. The molecule has 0 saturated heterocycles. The fourth-order valence-electron chi connectivity index (χ4n) is 1.21. The van der Waals surface area contributed by atoms with Crippen LogP contribution in [0.15, 0.2) is 12.1 Å². The summed E-state index contributed by atoms with van der Waals surface area (Å²) in [5.41, 5.74) is 7.14. The highest BCUT2D eigenvalue weighted by Gasteiger charge is 2.13. The minimum absolute atomic E-state index is 0.0127. The summed E-state index contributed by atoms with van der Waals surface area (Å²) in [6, 6.07) is 2.94. The molecule has 0 bridgehead atoms. The van der Waals surface area contributed by atoms with Gasteiger partial charge in [-0.25, -0.2) is 0 Å². The first-order chi connectivity index (χ1) is 7.06. The molecule has 78 valence electrons. The summed E-state index contributed by atoms with van der Waals surface area (Å²) in [5.74, 6) is 2.40. The molecule has 0 unspecified atom stereocenters. The Kier molecular flexibility index (Phi) is 3.13. The second kappa shape index (κ2) is 4.33. The first-order valence-corrected chi connectivity index (χ1v) is 4.28. The van der Waals surface area contributed by atoms with Gasteiger partial charge in [0.2, 0.25) is 0 Å². The predicted molar refractivity (Wildman–Crippen MR) is 59.6 cm³/mol. The molecule has 0 heterocycles. The monoisotopic (exact) mass is 205 g/mol. The lowest BCUT2D eigenvalue weighted by Gasteiger charge is -2.07. The Bertz CT molecular complexity index is 435. The smallest absolute Gasteiger partial charge is 0.274 e. The number of nitrogens with two attached hydrogens (primary N) is 1. The van der Waals surface area contributed by atoms with E-state index in [1.54, 1.807) is 13.0 Å². The fraction of sp³-hybridized carbons (Fsp3) is 0.200. The molecule has 1 aromatic carbocycles. The Labute approximate surface area is 87.4 Å². The van der Waals surface area contributed by atoms with Gasteiger partial charge in [0, 0.05) is 11.6 Å². The van der Waals surface area contributed by atoms with Crippen molar-refractivity contribution in [3.8, 4) is 12.3 Å². The van der Waals surface area contributed by atoms with Gasteiger partial charge in [0.25, 0.3) is 5.69 Å². The molecule has 0 aromatic heterocycles. The number of terminal acetylenes is 1. The predicted octanol–water partition coefficient (Wildman–Crippen LogP) is 1.53. The van der Waals surface area contributed by atoms with Crippen LogP contribution in [0.2, 0.25) is 0 Å². The minimum Gasteiger partial charge on any atom is -0.397 e. The number of hydrogen-bond acceptors (Lipinski definition) is 4. The summed E-state index contributed by atoms with van der Waals surface area (Å²) >= 11 is 0. The summed E-state index contributed by atoms with van der Waals surface area (Å²) in [5, 5.41) is 13.5. The maximum Gasteiger partial charge on any atom is 0.274 e. The fourth-order valence-corrected chi connectivity index (χ4v) is 1.21. The highest BCUT2D eigenvalue weighted by atomic mass is 16.6. The first-order valence-electron chi connectivity index (χ1n) is 4.28. The lowest BCUT2D eigenvalue weighted by molar-refractivity contribution is -0.385. The molecule has 1 rings (SSSR count). The number of hydrogen-bond donors (Lipinski definition) is 2. The van der Waals surface area contributed by atoms with Gasteiger partial charge in [0.1, 0.15) is 0 Å². The van der Waals surface area contributed by atoms with Crippen molar-refractivity contribution in [1.82, 2.24) is 0 Å². The topological polar surface area (TPSA) is 81.2 Å². The van der Waals surface area contributed by atoms with Gasteiger partial charge in [-0.05, 0) is 13.0 Å². The zero-order valence-corrected chi connectivity index (χ0v) is 8.28. The molecule has 15 heavy (non-hydrogen) atoms. The van der Waals surface area contributed by atoms with Crippen LogP contribution in [0.4, 0.5) is 17.1 Å². The molecule has 0 spiro atoms. The highest BCUT2D eigenvalue weighted by Crippen LogP contribution is 2.28. The van der Waals surface area contributed by atoms with Crippen LogP contribution in [-0.4, -0.2) is 11.5 Å². The number of nitrogens with one attached hydrogen (secondary N) is 1. The number of nitro benzene ring substituents is 1. The molecule has 5 heteroatoms. The van der Waals surface area contributed by atoms with Crippen LogP contribution in [-0.2, 0) is 0 Å². The molecule has 0 atom stereocenters. The molecule has 1 aromatic rings. The van der Waals surface area contributed by atoms with Crippen LogP contribution in [0.25, 0.3) is 0 Å². The van der Waals surface area contributed by atoms with Gasteiger partial charge in [-0.2, -0.15) is 0 Å². The summed E-state index contributed by atoms with van der Waals surface area (Å²) < 4.78 is 0. The van der Waals surface area contributed by atoms with Crippen molar-refractivity contribution in [2.45, 2.75) is 6.92 Å². The standard InChI is InChI=1S/C10H11N3O2/c1-3-4-12-9-5-7(2)10(13(14)15)6-8(9)11/h1,5-6,12H,4,11H2,2H3. The first kappa shape index (κ1) is 10.9. The third-order valence-corrected chi connectivity index (χ3v) is 1.95. The average Bonchev–Trinajstić information content (AvgIpc) is 2.18. The zero-order chi connectivity index (χ0) is 11.4. The summed E-state index contributed by atoms with van der Waals surface area (Å²) in [6.07, 6.45) is 5.08. The molecular formula is C10H11N3O2. The third-order valence-electron chi connectivity index (χ3n) is 1.95. The van der Waals surface area contributed by atoms with E-state index in [-0.39, 0.29) is 5.69 Å². The molecule has 0 fully saturated rings. The van der Waals surface area contributed by atoms with Gasteiger partial charge in [0.05, 0.1) is 22.8 Å². The molecule has 3 N–H and O–H groups in total. The molecule has 0 aliphatic carbocycles. The summed E-state index contributed by atoms with van der Waals surface area (Å²) in [7, 11) is 0. The van der Waals surface area contributed by atoms with Crippen LogP contribution in [0.1, 0.15) is 5.56 Å². The van der Waals surface area contributed by atoms with Crippen molar-refractivity contribution in [3.63, 3.8) is 0 Å². The number of nitro groups is 1. The molecule has 0 aliphatic heterocycles. The second-order valence-corrected chi connectivity index (χ2v) is 3.04. The van der Waals surface area contributed by atoms with Gasteiger partial charge < -0.3 is 11.1 Å². The van der Waals surface area contributed by atoms with Crippen LogP contribution in [0.3, 0.4) is 0 Å². The van der Waals surface area contributed by atoms with E-state index in [1.807, 2.05) is 0 Å². The number of nitrogen functional groups attached to an aromatic ring is 1. The van der Waals surface area contributed by atoms with Crippen molar-refractivity contribution in [2.24, 2.45) is 0 Å². The van der Waals surface area contributed by atoms with Gasteiger partial charge >= 0.3 is 0 Å². The van der Waals surface area contributed by atoms with Crippen molar-refractivity contribution in [3.05, 3.63) is 27.8 Å². The second-order valence-electron chi connectivity index (χ2n) is 3.04. The number of anilines is 2. The number of benzene rings is 1. The van der Waals surface area contributed by atoms with Gasteiger partial charge in [0.15, 0.2) is 0 Å². The lowest BCUT2D eigenvalue weighted by atomic mass is 10.1. The molecule has 0 radical (unpaired) electrons. The lowest BCUT2D eigenvalue weighted by Crippen LogP contribution is -2.04. The summed E-state index contributed by atoms with van der Waals surface area (Å²) in [4.78, 5) is 10.1. The van der Waals surface area contributed by atoms with Crippen molar-refractivity contribution >= 4 is 17.1 Å². The van der Waals surface area contributed by atoms with E-state index in [2.05, 4.69) is 11.2 Å². The van der Waals surface area contributed by atoms with Crippen LogP contribution in [0, 0.1) is 29.4 Å². The van der Waals surface area contributed by atoms with E-state index in [0.717, 1.165) is 0 Å². The van der Waals surface area contributed by atoms with Crippen molar-refractivity contribution < 1.29 is 4.92 Å². The molecule has 5 nitrogen and oxygen atoms in total. The Morgan fingerprint density at radius 2 is 2.33 bits per heavy atom. The summed E-state index contributed by atoms with van der Waals surface area (Å²) in [6.45, 7) is 1.99. The van der Waals surface area contributed by atoms with E-state index in [0.29, 0.717) is 23.5 Å². The zero-order valence-electron chi connectivity index (χ0n) is 8.28. The van der Waals surface area contributed by atoms with Gasteiger partial charge in [-0.3, -0.25) is 10.1 Å². The Hall–Kier alpha value is -2.22. The molecule has 0 amide bonds. The highest BCUT2D eigenvalue weighted by molar-refractivity contribution is 5.71. The Morgan fingerprint density at radius 1 is 1.67 bits per heavy atom. The Morgan fingerprint density at radius 3 is 2.87 bits per heavy atom. The van der Waals surface area contributed by atoms with Gasteiger partial charge in [-0.1, -0.05) is 5.92 Å². The molecular weight excluding hydrogens is 194 g/mol. The van der Waals surface area contributed by atoms with Crippen LogP contribution in [0.5, 0.6) is 0 Å². The number of rotatable bonds is 3. The maximum atomic E-state index is 10.6. The van der Waals surface area contributed by atoms with Gasteiger partial charge in [-0.15, -0.1) is 6.42 Å². The van der Waals surface area contributed by atoms with Crippen LogP contribution >= 0.6 is 0 Å². The van der Waals surface area contributed by atoms with E-state index in [9.17, 15) is 10.1 Å². The average molecular weight is 205 g/mol. The number of nitrogens with zero attached hydrogens (tertiary/aromatic N) is 1. The van der Waals surface area contributed by atoms with E-state index in [4.69, 9.17) is 12.2 Å². The molecule has 0 saturated carbocycles. The SMILES string of the molecule is C#CCNc1cc(C)c([N+](=O)[O-])cc1N. The van der Waals surface area contributed by atoms with E-state index < -0.39 is 4.92 Å². The largest absolute Gasteiger partial charge is 0.397 e. The third kappa shape index (κ3) is 2.38. The maximum absolute atomic E-state index is 10.6. The van der Waals surface area contributed by atoms with E-state index in [1.165, 1.54) is 6.07 Å². The van der Waals surface area contributed by atoms with Crippen molar-refractivity contribution in [1.29, 1.82) is 0 Å². The van der Waals surface area contributed by atoms with Crippen LogP contribution < -0.4 is 11.1 Å². The van der Waals surface area contributed by atoms with Crippen molar-refractivity contribution in [2.75, 3.05) is 17.6 Å². The van der Waals surface area contributed by atoms with E-state index >= 15 is 0 Å². The minimum atomic E-state index is -0.462. The quantitative estimate of drug-likeness (QED) is 0.339. The molecule has 0 aliphatic rings. The number of aryl methyl sites for hydroxylation is 1.